The van der Waals surface area contributed by atoms with E-state index in [0.717, 1.165) is 0 Å². The number of nitro benzene ring substituents is 1. The van der Waals surface area contributed by atoms with Crippen LogP contribution >= 0.6 is 34.8 Å². The van der Waals surface area contributed by atoms with E-state index in [1.165, 1.54) is 36.5 Å². The lowest BCUT2D eigenvalue weighted by atomic mass is 10.1. The largest absolute Gasteiger partial charge is 0.455 e. The third kappa shape index (κ3) is 4.51. The van der Waals surface area contributed by atoms with E-state index in [1.54, 1.807) is 18.2 Å². The van der Waals surface area contributed by atoms with Crippen LogP contribution in [0.2, 0.25) is 15.1 Å². The highest BCUT2D eigenvalue weighted by atomic mass is 35.5. The van der Waals surface area contributed by atoms with Crippen molar-refractivity contribution in [2.75, 3.05) is 0 Å². The standard InChI is InChI=1S/C18H10Cl3N3O4/c19-13-4-2-11(7-15(13)21)18(25)23-22-9-12-3-6-17(28-12)10-1-5-14(20)16(8-10)24(26)27/h1-9H,(H,23,25)/b22-9+. The normalized spacial score (nSPS) is 11.0. The number of furan rings is 1. The molecular formula is C18H10Cl3N3O4. The summed E-state index contributed by atoms with van der Waals surface area (Å²) in [5.41, 5.74) is 2.89. The molecule has 10 heteroatoms. The molecule has 0 spiro atoms. The molecule has 0 unspecified atom stereocenters. The molecular weight excluding hydrogens is 429 g/mol. The molecule has 0 saturated carbocycles. The molecule has 0 atom stereocenters. The number of carbonyl (C=O) groups is 1. The van der Waals surface area contributed by atoms with Crippen LogP contribution in [0.25, 0.3) is 11.3 Å². The average molecular weight is 439 g/mol. The Morgan fingerprint density at radius 2 is 1.79 bits per heavy atom. The molecule has 0 aliphatic carbocycles. The van der Waals surface area contributed by atoms with Gasteiger partial charge < -0.3 is 4.42 Å². The Hall–Kier alpha value is -2.87. The van der Waals surface area contributed by atoms with Gasteiger partial charge in [-0.2, -0.15) is 5.10 Å². The SMILES string of the molecule is O=C(N/N=C/c1ccc(-c2ccc(Cl)c([N+](=O)[O-])c2)o1)c1ccc(Cl)c(Cl)c1. The van der Waals surface area contributed by atoms with Crippen LogP contribution in [0, 0.1) is 10.1 Å². The van der Waals surface area contributed by atoms with Crippen LogP contribution in [-0.2, 0) is 0 Å². The minimum atomic E-state index is -0.574. The maximum atomic E-state index is 12.0. The van der Waals surface area contributed by atoms with E-state index in [4.69, 9.17) is 39.2 Å². The highest BCUT2D eigenvalue weighted by Crippen LogP contribution is 2.31. The number of nitrogens with one attached hydrogen (secondary N) is 1. The molecule has 0 saturated heterocycles. The third-order valence-electron chi connectivity index (χ3n) is 3.59. The Balaban J connectivity index is 1.70. The number of hydrazone groups is 1. The van der Waals surface area contributed by atoms with Crippen molar-refractivity contribution >= 4 is 52.6 Å². The number of amides is 1. The number of benzene rings is 2. The first-order chi connectivity index (χ1) is 13.3. The average Bonchev–Trinajstić information content (AvgIpc) is 3.13. The Kier molecular flexibility index (Phi) is 5.99. The molecule has 1 aromatic heterocycles. The number of hydrogen-bond donors (Lipinski definition) is 1. The van der Waals surface area contributed by atoms with E-state index in [0.29, 0.717) is 27.7 Å². The molecule has 1 N–H and O–H groups in total. The van der Waals surface area contributed by atoms with E-state index in [2.05, 4.69) is 10.5 Å². The summed E-state index contributed by atoms with van der Waals surface area (Å²) < 4.78 is 5.56. The molecule has 3 aromatic rings. The predicted octanol–water partition coefficient (Wildman–Crippen LogP) is 5.58. The number of nitro groups is 1. The Bertz CT molecular complexity index is 1100. The van der Waals surface area contributed by atoms with Crippen molar-refractivity contribution in [2.24, 2.45) is 5.10 Å². The quantitative estimate of drug-likeness (QED) is 0.319. The van der Waals surface area contributed by atoms with Crippen LogP contribution in [0.1, 0.15) is 16.1 Å². The van der Waals surface area contributed by atoms with Crippen molar-refractivity contribution in [3.05, 3.63) is 85.0 Å². The first kappa shape index (κ1) is 19.9. The van der Waals surface area contributed by atoms with Crippen molar-refractivity contribution in [1.82, 2.24) is 5.43 Å². The van der Waals surface area contributed by atoms with Crippen LogP contribution in [0.4, 0.5) is 5.69 Å². The zero-order valence-corrected chi connectivity index (χ0v) is 16.1. The summed E-state index contributed by atoms with van der Waals surface area (Å²) in [4.78, 5) is 22.4. The van der Waals surface area contributed by atoms with Crippen molar-refractivity contribution in [2.45, 2.75) is 0 Å². The topological polar surface area (TPSA) is 97.7 Å². The number of halogens is 3. The molecule has 3 rings (SSSR count). The van der Waals surface area contributed by atoms with Gasteiger partial charge in [-0.3, -0.25) is 14.9 Å². The van der Waals surface area contributed by atoms with Crippen LogP contribution in [0.3, 0.4) is 0 Å². The van der Waals surface area contributed by atoms with Gasteiger partial charge in [0.05, 0.1) is 21.2 Å². The van der Waals surface area contributed by atoms with Gasteiger partial charge in [0.2, 0.25) is 0 Å². The summed E-state index contributed by atoms with van der Waals surface area (Å²) in [6.45, 7) is 0. The van der Waals surface area contributed by atoms with Crippen LogP contribution in [0.5, 0.6) is 0 Å². The van der Waals surface area contributed by atoms with E-state index in [9.17, 15) is 14.9 Å². The maximum Gasteiger partial charge on any atom is 0.288 e. The van der Waals surface area contributed by atoms with Gasteiger partial charge in [0, 0.05) is 17.2 Å². The predicted molar refractivity (Wildman–Crippen MR) is 107 cm³/mol. The number of nitrogens with zero attached hydrogens (tertiary/aromatic N) is 2. The fourth-order valence-electron chi connectivity index (χ4n) is 2.24. The van der Waals surface area contributed by atoms with Crippen molar-refractivity contribution in [3.63, 3.8) is 0 Å². The third-order valence-corrected chi connectivity index (χ3v) is 4.65. The van der Waals surface area contributed by atoms with E-state index in [1.807, 2.05) is 0 Å². The van der Waals surface area contributed by atoms with Crippen molar-refractivity contribution in [1.29, 1.82) is 0 Å². The lowest BCUT2D eigenvalue weighted by molar-refractivity contribution is -0.384. The highest BCUT2D eigenvalue weighted by Gasteiger charge is 2.15. The van der Waals surface area contributed by atoms with Crippen LogP contribution in [0.15, 0.2) is 58.0 Å². The van der Waals surface area contributed by atoms with Gasteiger partial charge in [0.15, 0.2) is 0 Å². The van der Waals surface area contributed by atoms with Gasteiger partial charge >= 0.3 is 0 Å². The summed E-state index contributed by atoms with van der Waals surface area (Å²) in [6.07, 6.45) is 1.29. The van der Waals surface area contributed by atoms with Gasteiger partial charge in [-0.05, 0) is 42.5 Å². The fourth-order valence-corrected chi connectivity index (χ4v) is 2.72. The number of carbonyl (C=O) groups excluding carboxylic acids is 1. The lowest BCUT2D eigenvalue weighted by Crippen LogP contribution is -2.17. The van der Waals surface area contributed by atoms with Gasteiger partial charge in [-0.15, -0.1) is 0 Å². The van der Waals surface area contributed by atoms with Crippen molar-refractivity contribution < 1.29 is 14.1 Å². The first-order valence-electron chi connectivity index (χ1n) is 7.68. The molecule has 28 heavy (non-hydrogen) atoms. The number of rotatable bonds is 5. The fraction of sp³-hybridized carbons (Fsp3) is 0. The summed E-state index contributed by atoms with van der Waals surface area (Å²) >= 11 is 17.5. The Morgan fingerprint density at radius 1 is 1.04 bits per heavy atom. The molecule has 142 valence electrons. The molecule has 0 bridgehead atoms. The second-order valence-electron chi connectivity index (χ2n) is 5.45. The molecule has 1 heterocycles. The van der Waals surface area contributed by atoms with Crippen molar-refractivity contribution in [3.8, 4) is 11.3 Å². The maximum absolute atomic E-state index is 12.0. The molecule has 0 aliphatic heterocycles. The summed E-state index contributed by atoms with van der Waals surface area (Å²) in [6, 6.07) is 12.0. The van der Waals surface area contributed by atoms with Gasteiger partial charge in [-0.1, -0.05) is 34.8 Å². The summed E-state index contributed by atoms with van der Waals surface area (Å²) in [5, 5.41) is 15.4. The van der Waals surface area contributed by atoms with E-state index in [-0.39, 0.29) is 15.7 Å². The molecule has 7 nitrogen and oxygen atoms in total. The zero-order chi connectivity index (χ0) is 20.3. The number of hydrogen-bond acceptors (Lipinski definition) is 5. The van der Waals surface area contributed by atoms with Crippen LogP contribution in [-0.4, -0.2) is 17.0 Å². The second-order valence-corrected chi connectivity index (χ2v) is 6.67. The minimum absolute atomic E-state index is 0.0344. The van der Waals surface area contributed by atoms with Gasteiger partial charge in [0.25, 0.3) is 11.6 Å². The lowest BCUT2D eigenvalue weighted by Gasteiger charge is -2.01. The van der Waals surface area contributed by atoms with Crippen LogP contribution < -0.4 is 5.43 Å². The van der Waals surface area contributed by atoms with Gasteiger partial charge in [-0.25, -0.2) is 5.43 Å². The highest BCUT2D eigenvalue weighted by molar-refractivity contribution is 6.42. The molecule has 1 amide bonds. The summed E-state index contributed by atoms with van der Waals surface area (Å²) in [5.74, 6) is 0.244. The molecule has 2 aromatic carbocycles. The van der Waals surface area contributed by atoms with E-state index < -0.39 is 10.8 Å². The zero-order valence-electron chi connectivity index (χ0n) is 13.9. The Morgan fingerprint density at radius 3 is 2.50 bits per heavy atom. The Labute approximate surface area is 173 Å². The molecule has 0 fully saturated rings. The van der Waals surface area contributed by atoms with E-state index >= 15 is 0 Å². The summed E-state index contributed by atoms with van der Waals surface area (Å²) in [7, 11) is 0. The second kappa shape index (κ2) is 8.43. The first-order valence-corrected chi connectivity index (χ1v) is 8.81. The minimum Gasteiger partial charge on any atom is -0.455 e. The monoisotopic (exact) mass is 437 g/mol. The smallest absolute Gasteiger partial charge is 0.288 e. The molecule has 0 radical (unpaired) electrons. The molecule has 0 aliphatic rings. The van der Waals surface area contributed by atoms with Gasteiger partial charge in [0.1, 0.15) is 16.5 Å².